The fourth-order valence-electron chi connectivity index (χ4n) is 5.28. The van der Waals surface area contributed by atoms with Gasteiger partial charge in [0, 0.05) is 18.9 Å². The summed E-state index contributed by atoms with van der Waals surface area (Å²) in [5.74, 6) is 0.0148. The van der Waals surface area contributed by atoms with Crippen LogP contribution in [0.25, 0.3) is 12.2 Å². The van der Waals surface area contributed by atoms with Crippen molar-refractivity contribution >= 4 is 18.1 Å². The molecule has 1 aliphatic carbocycles. The number of carbonyl (C=O) groups is 1. The lowest BCUT2D eigenvalue weighted by molar-refractivity contribution is -0.149. The maximum Gasteiger partial charge on any atom is 0.333 e. The van der Waals surface area contributed by atoms with Gasteiger partial charge in [-0.2, -0.15) is 0 Å². The van der Waals surface area contributed by atoms with Crippen LogP contribution in [0.15, 0.2) is 97.1 Å². The molecule has 3 unspecified atom stereocenters. The van der Waals surface area contributed by atoms with Gasteiger partial charge in [0.25, 0.3) is 0 Å². The second kappa shape index (κ2) is 13.4. The van der Waals surface area contributed by atoms with E-state index < -0.39 is 12.1 Å². The molecule has 0 radical (unpaired) electrons. The second-order valence-electron chi connectivity index (χ2n) is 10.2. The van der Waals surface area contributed by atoms with Crippen LogP contribution in [-0.2, 0) is 20.7 Å². The summed E-state index contributed by atoms with van der Waals surface area (Å²) in [5, 5.41) is 9.34. The van der Waals surface area contributed by atoms with E-state index in [9.17, 15) is 9.90 Å². The summed E-state index contributed by atoms with van der Waals surface area (Å²) >= 11 is 0. The molecule has 5 rings (SSSR count). The molecular formula is C36H36O5. The maximum absolute atomic E-state index is 11.4. The highest BCUT2D eigenvalue weighted by Gasteiger charge is 2.24. The fourth-order valence-corrected chi connectivity index (χ4v) is 5.28. The SMILES string of the molecule is CCOC(Cc1ccc(OCCOC2c3ccccc3C=Cc3ccc(C(C)c4ccccc4)cc32)cc1)C(=O)O. The van der Waals surface area contributed by atoms with Crippen molar-refractivity contribution in [2.24, 2.45) is 0 Å². The van der Waals surface area contributed by atoms with Crippen molar-refractivity contribution < 1.29 is 24.1 Å². The predicted molar refractivity (Wildman–Crippen MR) is 162 cm³/mol. The van der Waals surface area contributed by atoms with Gasteiger partial charge in [0.1, 0.15) is 18.5 Å². The molecule has 210 valence electrons. The van der Waals surface area contributed by atoms with Crippen LogP contribution in [0, 0.1) is 0 Å². The van der Waals surface area contributed by atoms with Gasteiger partial charge in [0.15, 0.2) is 6.10 Å². The van der Waals surface area contributed by atoms with Crippen LogP contribution in [0.3, 0.4) is 0 Å². The van der Waals surface area contributed by atoms with Gasteiger partial charge in [-0.3, -0.25) is 0 Å². The monoisotopic (exact) mass is 548 g/mol. The van der Waals surface area contributed by atoms with Crippen molar-refractivity contribution in [2.75, 3.05) is 19.8 Å². The Labute approximate surface area is 242 Å². The summed E-state index contributed by atoms with van der Waals surface area (Å²) in [6, 6.07) is 33.1. The van der Waals surface area contributed by atoms with E-state index in [1.54, 1.807) is 6.92 Å². The van der Waals surface area contributed by atoms with Gasteiger partial charge >= 0.3 is 5.97 Å². The van der Waals surface area contributed by atoms with E-state index in [1.165, 1.54) is 11.1 Å². The Morgan fingerprint density at radius 3 is 2.24 bits per heavy atom. The van der Waals surface area contributed by atoms with E-state index in [-0.39, 0.29) is 12.0 Å². The number of ether oxygens (including phenoxy) is 3. The minimum atomic E-state index is -0.956. The average molecular weight is 549 g/mol. The number of benzene rings is 4. The largest absolute Gasteiger partial charge is 0.491 e. The molecule has 1 aliphatic rings. The van der Waals surface area contributed by atoms with Gasteiger partial charge in [0.05, 0.1) is 6.61 Å². The Bertz CT molecular complexity index is 1480. The smallest absolute Gasteiger partial charge is 0.333 e. The van der Waals surface area contributed by atoms with E-state index in [4.69, 9.17) is 14.2 Å². The number of hydrogen-bond donors (Lipinski definition) is 1. The van der Waals surface area contributed by atoms with Crippen LogP contribution < -0.4 is 4.74 Å². The lowest BCUT2D eigenvalue weighted by atomic mass is 9.88. The minimum Gasteiger partial charge on any atom is -0.491 e. The predicted octanol–water partition coefficient (Wildman–Crippen LogP) is 7.54. The third-order valence-electron chi connectivity index (χ3n) is 7.54. The molecular weight excluding hydrogens is 512 g/mol. The molecule has 4 aromatic rings. The second-order valence-corrected chi connectivity index (χ2v) is 10.2. The van der Waals surface area contributed by atoms with Crippen LogP contribution in [0.5, 0.6) is 5.75 Å². The zero-order valence-electron chi connectivity index (χ0n) is 23.5. The number of aliphatic carboxylic acids is 1. The maximum atomic E-state index is 11.4. The summed E-state index contributed by atoms with van der Waals surface area (Å²) < 4.78 is 17.9. The molecule has 4 aromatic carbocycles. The molecule has 0 aromatic heterocycles. The third kappa shape index (κ3) is 6.94. The topological polar surface area (TPSA) is 65.0 Å². The first-order valence-corrected chi connectivity index (χ1v) is 14.2. The van der Waals surface area contributed by atoms with Crippen molar-refractivity contribution in [3.8, 4) is 5.75 Å². The van der Waals surface area contributed by atoms with Crippen molar-refractivity contribution in [1.82, 2.24) is 0 Å². The number of carboxylic acids is 1. The van der Waals surface area contributed by atoms with Gasteiger partial charge < -0.3 is 19.3 Å². The van der Waals surface area contributed by atoms with Crippen molar-refractivity contribution in [2.45, 2.75) is 38.4 Å². The Morgan fingerprint density at radius 1 is 0.805 bits per heavy atom. The number of fused-ring (bicyclic) bond motifs is 2. The molecule has 0 bridgehead atoms. The molecule has 0 saturated carbocycles. The molecule has 0 saturated heterocycles. The summed E-state index contributed by atoms with van der Waals surface area (Å²) in [6.45, 7) is 5.19. The van der Waals surface area contributed by atoms with Gasteiger partial charge in [0.2, 0.25) is 0 Å². The highest BCUT2D eigenvalue weighted by atomic mass is 16.5. The Morgan fingerprint density at radius 2 is 1.51 bits per heavy atom. The van der Waals surface area contributed by atoms with Gasteiger partial charge in [-0.25, -0.2) is 4.79 Å². The first kappa shape index (κ1) is 28.3. The standard InChI is InChI=1S/C36H36O5/c1-3-39-34(36(37)38)23-26-13-19-31(20-14-26)40-21-22-41-35-32-12-8-7-11-28(32)15-16-29-17-18-30(24-33(29)35)25(2)27-9-5-4-6-10-27/h4-20,24-25,34-35H,3,21-23H2,1-2H3,(H,37,38). The molecule has 0 heterocycles. The molecule has 5 nitrogen and oxygen atoms in total. The molecule has 0 aliphatic heterocycles. The van der Waals surface area contributed by atoms with Crippen LogP contribution in [0.2, 0.25) is 0 Å². The fraction of sp³-hybridized carbons (Fsp3) is 0.250. The van der Waals surface area contributed by atoms with Crippen LogP contribution >= 0.6 is 0 Å². The minimum absolute atomic E-state index is 0.225. The molecule has 3 atom stereocenters. The molecule has 5 heteroatoms. The molecule has 1 N–H and O–H groups in total. The van der Waals surface area contributed by atoms with Gasteiger partial charge in [-0.05, 0) is 58.0 Å². The van der Waals surface area contributed by atoms with E-state index >= 15 is 0 Å². The first-order chi connectivity index (χ1) is 20.0. The van der Waals surface area contributed by atoms with E-state index in [2.05, 4.69) is 85.8 Å². The molecule has 0 fully saturated rings. The summed E-state index contributed by atoms with van der Waals surface area (Å²) in [7, 11) is 0. The Balaban J connectivity index is 1.28. The Hall–Kier alpha value is -4.19. The van der Waals surface area contributed by atoms with E-state index in [0.717, 1.165) is 27.8 Å². The molecule has 0 spiro atoms. The van der Waals surface area contributed by atoms with Crippen molar-refractivity contribution in [3.05, 3.63) is 136 Å². The average Bonchev–Trinajstić information content (AvgIpc) is 3.16. The van der Waals surface area contributed by atoms with Crippen molar-refractivity contribution in [3.63, 3.8) is 0 Å². The quantitative estimate of drug-likeness (QED) is 0.185. The number of rotatable bonds is 12. The normalized spacial score (nSPS) is 15.3. The van der Waals surface area contributed by atoms with Gasteiger partial charge in [-0.1, -0.05) is 104 Å². The van der Waals surface area contributed by atoms with Crippen molar-refractivity contribution in [1.29, 1.82) is 0 Å². The third-order valence-corrected chi connectivity index (χ3v) is 7.54. The van der Waals surface area contributed by atoms with Gasteiger partial charge in [-0.15, -0.1) is 0 Å². The first-order valence-electron chi connectivity index (χ1n) is 14.2. The summed E-state index contributed by atoms with van der Waals surface area (Å²) in [5.41, 5.74) is 8.01. The van der Waals surface area contributed by atoms with Crippen LogP contribution in [0.4, 0.5) is 0 Å². The van der Waals surface area contributed by atoms with Crippen LogP contribution in [-0.4, -0.2) is 37.0 Å². The number of carboxylic acid groups (broad SMARTS) is 1. The zero-order valence-corrected chi connectivity index (χ0v) is 23.5. The summed E-state index contributed by atoms with van der Waals surface area (Å²) in [4.78, 5) is 11.4. The highest BCUT2D eigenvalue weighted by molar-refractivity contribution is 5.76. The van der Waals surface area contributed by atoms with Crippen LogP contribution in [0.1, 0.15) is 64.8 Å². The highest BCUT2D eigenvalue weighted by Crippen LogP contribution is 2.37. The summed E-state index contributed by atoms with van der Waals surface area (Å²) in [6.07, 6.45) is 3.57. The van der Waals surface area contributed by atoms with E-state index in [1.807, 2.05) is 30.3 Å². The van der Waals surface area contributed by atoms with E-state index in [0.29, 0.717) is 32.0 Å². The zero-order chi connectivity index (χ0) is 28.6. The Kier molecular flexibility index (Phi) is 9.29. The lowest BCUT2D eigenvalue weighted by Crippen LogP contribution is -2.26. The number of hydrogen-bond acceptors (Lipinski definition) is 4. The molecule has 41 heavy (non-hydrogen) atoms. The molecule has 0 amide bonds. The lowest BCUT2D eigenvalue weighted by Gasteiger charge is -2.23.